The molecule has 0 fully saturated rings. The molecule has 1 N–H and O–H groups in total. The van der Waals surface area contributed by atoms with Crippen LogP contribution in [0.25, 0.3) is 33.3 Å². The second kappa shape index (κ2) is 8.90. The van der Waals surface area contributed by atoms with E-state index in [0.29, 0.717) is 27.7 Å². The molecule has 3 aromatic heterocycles. The molecule has 0 aliphatic rings. The summed E-state index contributed by atoms with van der Waals surface area (Å²) >= 11 is 6.04. The van der Waals surface area contributed by atoms with Crippen LogP contribution in [0.5, 0.6) is 0 Å². The van der Waals surface area contributed by atoms with Crippen LogP contribution in [0.15, 0.2) is 85.3 Å². The third kappa shape index (κ3) is 3.97. The van der Waals surface area contributed by atoms with Crippen LogP contribution in [0, 0.1) is 6.92 Å². The number of aryl methyl sites for hydroxylation is 1. The summed E-state index contributed by atoms with van der Waals surface area (Å²) in [4.78, 5) is 22.0. The van der Waals surface area contributed by atoms with Crippen LogP contribution in [0.1, 0.15) is 11.3 Å². The molecule has 3 aromatic carbocycles. The van der Waals surface area contributed by atoms with E-state index in [1.54, 1.807) is 27.7 Å². The second-order valence-corrected chi connectivity index (χ2v) is 8.85. The largest absolute Gasteiger partial charge is 0.310 e. The average Bonchev–Trinajstić information content (AvgIpc) is 3.48. The lowest BCUT2D eigenvalue weighted by atomic mass is 10.0. The van der Waals surface area contributed by atoms with Crippen LogP contribution in [0.2, 0.25) is 5.02 Å². The first kappa shape index (κ1) is 21.9. The molecule has 0 bridgehead atoms. The first-order chi connectivity index (χ1) is 17.6. The van der Waals surface area contributed by atoms with E-state index in [1.807, 2.05) is 67.6 Å². The molecule has 0 radical (unpaired) electrons. The second-order valence-electron chi connectivity index (χ2n) is 8.41. The number of nitrogens with zero attached hydrogens (tertiary/aromatic N) is 6. The number of carbonyl (C=O) groups excluding carboxylic acids is 1. The molecule has 8 nitrogen and oxygen atoms in total. The van der Waals surface area contributed by atoms with Crippen LogP contribution >= 0.6 is 11.6 Å². The number of halogens is 1. The van der Waals surface area contributed by atoms with Gasteiger partial charge < -0.3 is 5.32 Å². The molecule has 0 saturated carbocycles. The van der Waals surface area contributed by atoms with Crippen molar-refractivity contribution in [3.63, 3.8) is 0 Å². The number of nitrogens with one attached hydrogen (secondary N) is 1. The predicted octanol–water partition coefficient (Wildman–Crippen LogP) is 5.30. The summed E-state index contributed by atoms with van der Waals surface area (Å²) in [6.07, 6.45) is 3.39. The minimum absolute atomic E-state index is 0.144. The standard InChI is InChI=1S/C27H20ClN7O/c1-17-13-24(32-25(36)14-19-7-4-6-18-5-2-3-8-22(18)19)35(33-17)27-23-15-31-34(26(23)29-16-30-27)21-11-9-20(28)10-12-21/h2-13,15-16H,14H2,1H3,(H,32,36). The van der Waals surface area contributed by atoms with Crippen LogP contribution in [0.4, 0.5) is 5.82 Å². The molecule has 0 spiro atoms. The predicted molar refractivity (Wildman–Crippen MR) is 140 cm³/mol. The lowest BCUT2D eigenvalue weighted by molar-refractivity contribution is -0.115. The number of fused-ring (bicyclic) bond motifs is 2. The number of benzene rings is 3. The van der Waals surface area contributed by atoms with Gasteiger partial charge in [0.1, 0.15) is 12.1 Å². The summed E-state index contributed by atoms with van der Waals surface area (Å²) < 4.78 is 3.33. The van der Waals surface area contributed by atoms with Crippen molar-refractivity contribution >= 4 is 45.1 Å². The van der Waals surface area contributed by atoms with Crippen molar-refractivity contribution in [1.29, 1.82) is 0 Å². The highest BCUT2D eigenvalue weighted by atomic mass is 35.5. The smallest absolute Gasteiger partial charge is 0.229 e. The lowest BCUT2D eigenvalue weighted by Gasteiger charge is -2.10. The summed E-state index contributed by atoms with van der Waals surface area (Å²) in [5, 5.41) is 15.6. The molecule has 6 aromatic rings. The van der Waals surface area contributed by atoms with E-state index in [2.05, 4.69) is 25.5 Å². The molecule has 0 aliphatic carbocycles. The summed E-state index contributed by atoms with van der Waals surface area (Å²) in [7, 11) is 0. The molecule has 1 amide bonds. The maximum Gasteiger partial charge on any atom is 0.229 e. The molecule has 9 heteroatoms. The van der Waals surface area contributed by atoms with Crippen LogP contribution in [-0.4, -0.2) is 35.4 Å². The highest BCUT2D eigenvalue weighted by molar-refractivity contribution is 6.30. The van der Waals surface area contributed by atoms with Gasteiger partial charge in [-0.05, 0) is 47.5 Å². The molecule has 0 saturated heterocycles. The summed E-state index contributed by atoms with van der Waals surface area (Å²) in [5.41, 5.74) is 3.14. The van der Waals surface area contributed by atoms with E-state index in [-0.39, 0.29) is 12.3 Å². The zero-order valence-corrected chi connectivity index (χ0v) is 20.0. The van der Waals surface area contributed by atoms with Gasteiger partial charge in [-0.1, -0.05) is 54.1 Å². The fraction of sp³-hybridized carbons (Fsp3) is 0.0741. The normalized spacial score (nSPS) is 11.3. The van der Waals surface area contributed by atoms with Gasteiger partial charge >= 0.3 is 0 Å². The van der Waals surface area contributed by atoms with E-state index in [4.69, 9.17) is 11.6 Å². The molecule has 0 aliphatic heterocycles. The number of carbonyl (C=O) groups is 1. The SMILES string of the molecule is Cc1cc(NC(=O)Cc2cccc3ccccc23)n(-c2ncnc3c2cnn3-c2ccc(Cl)cc2)n1. The van der Waals surface area contributed by atoms with E-state index < -0.39 is 0 Å². The van der Waals surface area contributed by atoms with E-state index >= 15 is 0 Å². The van der Waals surface area contributed by atoms with Crippen molar-refractivity contribution in [2.75, 3.05) is 5.32 Å². The fourth-order valence-corrected chi connectivity index (χ4v) is 4.45. The van der Waals surface area contributed by atoms with Crippen molar-refractivity contribution < 1.29 is 4.79 Å². The first-order valence-corrected chi connectivity index (χ1v) is 11.7. The Morgan fingerprint density at radius 1 is 0.944 bits per heavy atom. The Morgan fingerprint density at radius 3 is 2.61 bits per heavy atom. The number of hydrogen-bond acceptors (Lipinski definition) is 5. The Kier molecular flexibility index (Phi) is 5.42. The lowest BCUT2D eigenvalue weighted by Crippen LogP contribution is -2.17. The Labute approximate surface area is 211 Å². The average molecular weight is 494 g/mol. The number of rotatable bonds is 5. The topological polar surface area (TPSA) is 90.5 Å². The molecule has 6 rings (SSSR count). The summed E-state index contributed by atoms with van der Waals surface area (Å²) in [6, 6.07) is 23.2. The zero-order valence-electron chi connectivity index (χ0n) is 19.3. The highest BCUT2D eigenvalue weighted by Gasteiger charge is 2.18. The minimum atomic E-state index is -0.144. The fourth-order valence-electron chi connectivity index (χ4n) is 4.33. The Hall–Kier alpha value is -4.56. The van der Waals surface area contributed by atoms with Gasteiger partial charge in [0.25, 0.3) is 0 Å². The van der Waals surface area contributed by atoms with Crippen LogP contribution < -0.4 is 5.32 Å². The molecule has 36 heavy (non-hydrogen) atoms. The number of anilines is 1. The van der Waals surface area contributed by atoms with Crippen molar-refractivity contribution in [2.45, 2.75) is 13.3 Å². The van der Waals surface area contributed by atoms with Crippen molar-refractivity contribution in [3.05, 3.63) is 102 Å². The van der Waals surface area contributed by atoms with Crippen LogP contribution in [0.3, 0.4) is 0 Å². The maximum absolute atomic E-state index is 13.1. The Balaban J connectivity index is 1.34. The zero-order chi connectivity index (χ0) is 24.6. The maximum atomic E-state index is 13.1. The van der Waals surface area contributed by atoms with Crippen molar-refractivity contribution in [2.24, 2.45) is 0 Å². The number of hydrogen-bond donors (Lipinski definition) is 1. The van der Waals surface area contributed by atoms with Gasteiger partial charge in [-0.25, -0.2) is 14.6 Å². The quantitative estimate of drug-likeness (QED) is 0.352. The molecule has 0 atom stereocenters. The minimum Gasteiger partial charge on any atom is -0.310 e. The molecular formula is C27H20ClN7O. The highest BCUT2D eigenvalue weighted by Crippen LogP contribution is 2.25. The number of aromatic nitrogens is 6. The van der Waals surface area contributed by atoms with Gasteiger partial charge in [0.05, 0.1) is 29.4 Å². The van der Waals surface area contributed by atoms with Crippen molar-refractivity contribution in [1.82, 2.24) is 29.5 Å². The summed E-state index contributed by atoms with van der Waals surface area (Å²) in [5.74, 6) is 0.903. The molecule has 176 valence electrons. The van der Waals surface area contributed by atoms with Gasteiger partial charge in [0.2, 0.25) is 5.91 Å². The van der Waals surface area contributed by atoms with E-state index in [0.717, 1.165) is 27.7 Å². The Morgan fingerprint density at radius 2 is 1.75 bits per heavy atom. The van der Waals surface area contributed by atoms with E-state index in [9.17, 15) is 4.79 Å². The van der Waals surface area contributed by atoms with Gasteiger partial charge in [-0.3, -0.25) is 4.79 Å². The monoisotopic (exact) mass is 493 g/mol. The molecular weight excluding hydrogens is 474 g/mol. The van der Waals surface area contributed by atoms with Crippen molar-refractivity contribution in [3.8, 4) is 11.5 Å². The number of amides is 1. The molecule has 3 heterocycles. The van der Waals surface area contributed by atoms with Gasteiger partial charge in [-0.2, -0.15) is 14.9 Å². The third-order valence-electron chi connectivity index (χ3n) is 5.95. The molecule has 0 unspecified atom stereocenters. The third-order valence-corrected chi connectivity index (χ3v) is 6.20. The first-order valence-electron chi connectivity index (χ1n) is 11.3. The van der Waals surface area contributed by atoms with Gasteiger partial charge in [0, 0.05) is 11.1 Å². The van der Waals surface area contributed by atoms with E-state index in [1.165, 1.54) is 6.33 Å². The van der Waals surface area contributed by atoms with Gasteiger partial charge in [-0.15, -0.1) is 0 Å². The summed E-state index contributed by atoms with van der Waals surface area (Å²) in [6.45, 7) is 1.87. The van der Waals surface area contributed by atoms with Gasteiger partial charge in [0.15, 0.2) is 11.5 Å². The Bertz CT molecular complexity index is 1730. The van der Waals surface area contributed by atoms with Crippen LogP contribution in [-0.2, 0) is 11.2 Å².